The normalized spacial score (nSPS) is 16.8. The van der Waals surface area contributed by atoms with Crippen molar-refractivity contribution < 1.29 is 48.2 Å². The molecule has 75 heavy (non-hydrogen) atoms. The molecule has 1 aromatic carbocycles. The SMILES string of the molecule is CC[C@H](C)[C@H](NC(=O)C[C@H](O)[C@H](CC(C)C)NC(=O)[C@H](Cc1cnc[nH]1)NC(=O)[C@H](Cc1ccccc1)NC(=O)[C@@H]1CCCN1C(=O)[C@H](Cc1cnc[nH]1)NC(=O)OC(C)(C)C)C(=O)N[C@@H](Cc1cnc[nH]1)C(N)=O. The van der Waals surface area contributed by atoms with E-state index in [1.54, 1.807) is 58.0 Å². The minimum absolute atomic E-state index is 0.00692. The number of aromatic nitrogens is 6. The van der Waals surface area contributed by atoms with Gasteiger partial charge in [0.2, 0.25) is 41.4 Å². The van der Waals surface area contributed by atoms with E-state index >= 15 is 0 Å². The molecule has 408 valence electrons. The van der Waals surface area contributed by atoms with Crippen LogP contribution in [0, 0.1) is 11.8 Å². The maximum absolute atomic E-state index is 14.6. The predicted molar refractivity (Wildman–Crippen MR) is 273 cm³/mol. The summed E-state index contributed by atoms with van der Waals surface area (Å²) >= 11 is 0. The Morgan fingerprint density at radius 3 is 1.81 bits per heavy atom. The van der Waals surface area contributed by atoms with Gasteiger partial charge in [0, 0.05) is 67.9 Å². The van der Waals surface area contributed by atoms with Crippen molar-refractivity contribution in [3.05, 3.63) is 90.5 Å². The first kappa shape index (κ1) is 58.3. The van der Waals surface area contributed by atoms with Crippen LogP contribution in [0.5, 0.6) is 0 Å². The summed E-state index contributed by atoms with van der Waals surface area (Å²) in [6.45, 7) is 12.6. The minimum atomic E-state index is -1.47. The van der Waals surface area contributed by atoms with Gasteiger partial charge in [-0.2, -0.15) is 0 Å². The molecular formula is C51H74N14O10. The highest BCUT2D eigenvalue weighted by Gasteiger charge is 2.40. The fraction of sp³-hybridized carbons (Fsp3) is 0.549. The van der Waals surface area contributed by atoms with Crippen molar-refractivity contribution in [3.63, 3.8) is 0 Å². The van der Waals surface area contributed by atoms with Gasteiger partial charge in [0.05, 0.1) is 37.5 Å². The largest absolute Gasteiger partial charge is 0.444 e. The number of benzene rings is 1. The third kappa shape index (κ3) is 18.4. The smallest absolute Gasteiger partial charge is 0.408 e. The Labute approximate surface area is 436 Å². The Morgan fingerprint density at radius 2 is 1.28 bits per heavy atom. The van der Waals surface area contributed by atoms with Crippen LogP contribution in [0.4, 0.5) is 4.79 Å². The van der Waals surface area contributed by atoms with Crippen LogP contribution in [0.25, 0.3) is 0 Å². The van der Waals surface area contributed by atoms with Gasteiger partial charge >= 0.3 is 6.09 Å². The first-order valence-corrected chi connectivity index (χ1v) is 25.3. The van der Waals surface area contributed by atoms with Crippen LogP contribution in [0.1, 0.15) is 103 Å². The minimum Gasteiger partial charge on any atom is -0.444 e. The summed E-state index contributed by atoms with van der Waals surface area (Å²) in [6.07, 6.45) is 7.29. The fourth-order valence-electron chi connectivity index (χ4n) is 8.66. The molecule has 1 saturated heterocycles. The first-order chi connectivity index (χ1) is 35.6. The Hall–Kier alpha value is -7.63. The highest BCUT2D eigenvalue weighted by molar-refractivity contribution is 5.96. The van der Waals surface area contributed by atoms with Gasteiger partial charge in [-0.1, -0.05) is 64.4 Å². The number of carbonyl (C=O) groups excluding carboxylic acids is 8. The zero-order valence-electron chi connectivity index (χ0n) is 43.7. The average Bonchev–Trinajstić information content (AvgIpc) is 4.21. The number of likely N-dealkylation sites (tertiary alicyclic amines) is 1. The molecule has 0 aliphatic carbocycles. The van der Waals surface area contributed by atoms with Gasteiger partial charge in [-0.3, -0.25) is 33.6 Å². The topological polar surface area (TPSA) is 353 Å². The van der Waals surface area contributed by atoms with Gasteiger partial charge < -0.3 is 67.3 Å². The Morgan fingerprint density at radius 1 is 0.733 bits per heavy atom. The number of imidazole rings is 3. The lowest BCUT2D eigenvalue weighted by Gasteiger charge is -2.31. The van der Waals surface area contributed by atoms with E-state index in [4.69, 9.17) is 10.5 Å². The molecule has 1 aliphatic rings. The molecule has 5 rings (SSSR count). The molecule has 8 amide bonds. The first-order valence-electron chi connectivity index (χ1n) is 25.3. The summed E-state index contributed by atoms with van der Waals surface area (Å²) in [5, 5.41) is 28.2. The Kier molecular flexibility index (Phi) is 21.4. The zero-order valence-corrected chi connectivity index (χ0v) is 43.7. The van der Waals surface area contributed by atoms with Crippen LogP contribution in [0.15, 0.2) is 67.9 Å². The summed E-state index contributed by atoms with van der Waals surface area (Å²) in [7, 11) is 0. The third-order valence-corrected chi connectivity index (χ3v) is 12.7. The summed E-state index contributed by atoms with van der Waals surface area (Å²) in [5.74, 6) is -5.27. The quantitative estimate of drug-likeness (QED) is 0.0394. The van der Waals surface area contributed by atoms with E-state index in [-0.39, 0.29) is 51.0 Å². The van der Waals surface area contributed by atoms with Gasteiger partial charge in [-0.15, -0.1) is 0 Å². The number of amides is 8. The average molecular weight is 1040 g/mol. The van der Waals surface area contributed by atoms with Crippen molar-refractivity contribution in [1.29, 1.82) is 0 Å². The highest BCUT2D eigenvalue weighted by atomic mass is 16.6. The van der Waals surface area contributed by atoms with Crippen molar-refractivity contribution in [2.24, 2.45) is 17.6 Å². The second kappa shape index (κ2) is 27.6. The van der Waals surface area contributed by atoms with Gasteiger partial charge in [0.15, 0.2) is 0 Å². The van der Waals surface area contributed by atoms with E-state index in [0.717, 1.165) is 0 Å². The standard InChI is InChI=1S/C51H74N14O10/c1-8-30(4)43(48(72)60-36(44(52)68)19-32-23-53-26-56-32)64-42(67)22-41(66)35(17-29(2)3)59-46(70)38(20-33-24-54-27-57-33)61-45(69)37(18-31-13-10-9-11-14-31)62-47(71)40-15-12-16-65(40)49(73)39(21-34-25-55-28-58-34)63-50(74)75-51(5,6)7/h9-11,13-14,23-30,35-41,43,66H,8,12,15-22H2,1-7H3,(H2,52,68)(H,53,56)(H,54,57)(H,55,58)(H,59,70)(H,60,72)(H,61,69)(H,62,71)(H,63,74)(H,64,67)/t30-,35-,36-,37-,38-,39-,40-,41-,43-/m0/s1. The van der Waals surface area contributed by atoms with E-state index in [1.807, 2.05) is 20.8 Å². The number of hydrogen-bond acceptors (Lipinski definition) is 13. The summed E-state index contributed by atoms with van der Waals surface area (Å²) in [6, 6.07) is 0.916. The molecule has 4 aromatic rings. The molecule has 1 fully saturated rings. The molecule has 0 bridgehead atoms. The third-order valence-electron chi connectivity index (χ3n) is 12.7. The maximum atomic E-state index is 14.6. The molecule has 0 saturated carbocycles. The molecule has 0 spiro atoms. The number of aliphatic hydroxyl groups excluding tert-OH is 1. The molecular weight excluding hydrogens is 969 g/mol. The second-order valence-corrected chi connectivity index (χ2v) is 20.5. The van der Waals surface area contributed by atoms with Gasteiger partial charge in [-0.25, -0.2) is 19.7 Å². The molecule has 12 N–H and O–H groups in total. The number of nitrogens with zero attached hydrogens (tertiary/aromatic N) is 4. The summed E-state index contributed by atoms with van der Waals surface area (Å²) in [5.41, 5.74) is 7.02. The van der Waals surface area contributed by atoms with Crippen molar-refractivity contribution in [1.82, 2.24) is 66.7 Å². The van der Waals surface area contributed by atoms with Crippen LogP contribution >= 0.6 is 0 Å². The van der Waals surface area contributed by atoms with Gasteiger partial charge in [0.1, 0.15) is 41.9 Å². The molecule has 24 nitrogen and oxygen atoms in total. The predicted octanol–water partition coefficient (Wildman–Crippen LogP) is 0.763. The lowest BCUT2D eigenvalue weighted by atomic mass is 9.95. The van der Waals surface area contributed by atoms with Crippen LogP contribution in [-0.2, 0) is 64.0 Å². The van der Waals surface area contributed by atoms with Gasteiger partial charge in [-0.05, 0) is 57.4 Å². The van der Waals surface area contributed by atoms with Crippen molar-refractivity contribution in [2.75, 3.05) is 6.54 Å². The maximum Gasteiger partial charge on any atom is 0.408 e. The zero-order chi connectivity index (χ0) is 54.8. The summed E-state index contributed by atoms with van der Waals surface area (Å²) < 4.78 is 5.45. The highest BCUT2D eigenvalue weighted by Crippen LogP contribution is 2.21. The Balaban J connectivity index is 1.32. The van der Waals surface area contributed by atoms with Gasteiger partial charge in [0.25, 0.3) is 0 Å². The number of aliphatic hydroxyl groups is 1. The van der Waals surface area contributed by atoms with E-state index in [2.05, 4.69) is 61.8 Å². The number of nitrogens with one attached hydrogen (secondary N) is 9. The lowest BCUT2D eigenvalue weighted by molar-refractivity contribution is -0.141. The number of alkyl carbamates (subject to hydrolysis) is 1. The number of nitrogens with two attached hydrogens (primary N) is 1. The van der Waals surface area contributed by atoms with Crippen LogP contribution in [-0.4, -0.2) is 148 Å². The molecule has 24 heteroatoms. The fourth-order valence-corrected chi connectivity index (χ4v) is 8.66. The molecule has 0 radical (unpaired) electrons. The van der Waals surface area contributed by atoms with E-state index in [1.165, 1.54) is 42.5 Å². The Bertz CT molecular complexity index is 2480. The van der Waals surface area contributed by atoms with E-state index < -0.39 is 114 Å². The lowest BCUT2D eigenvalue weighted by Crippen LogP contribution is -2.60. The van der Waals surface area contributed by atoms with Crippen LogP contribution in [0.2, 0.25) is 0 Å². The molecule has 4 heterocycles. The molecule has 1 aliphatic heterocycles. The van der Waals surface area contributed by atoms with Crippen molar-refractivity contribution in [3.8, 4) is 0 Å². The number of ether oxygens (including phenoxy) is 1. The second-order valence-electron chi connectivity index (χ2n) is 20.5. The number of carbonyl (C=O) groups is 8. The molecule has 3 aromatic heterocycles. The number of H-pyrrole nitrogens is 3. The number of rotatable bonds is 27. The number of hydrogen-bond donors (Lipinski definition) is 11. The van der Waals surface area contributed by atoms with E-state index in [0.29, 0.717) is 35.5 Å². The van der Waals surface area contributed by atoms with Crippen molar-refractivity contribution >= 4 is 47.4 Å². The van der Waals surface area contributed by atoms with Crippen molar-refractivity contribution in [2.45, 2.75) is 160 Å². The van der Waals surface area contributed by atoms with Crippen LogP contribution in [0.3, 0.4) is 0 Å². The molecule has 9 atom stereocenters. The van der Waals surface area contributed by atoms with Crippen LogP contribution < -0.4 is 37.6 Å². The number of primary amides is 1. The number of aromatic amines is 3. The summed E-state index contributed by atoms with van der Waals surface area (Å²) in [4.78, 5) is 132. The monoisotopic (exact) mass is 1040 g/mol. The van der Waals surface area contributed by atoms with E-state index in [9.17, 15) is 43.5 Å². The molecule has 0 unspecified atom stereocenters.